The van der Waals surface area contributed by atoms with Crippen LogP contribution in [0.1, 0.15) is 40.3 Å². The number of hydrogen-bond acceptors (Lipinski definition) is 5. The molecule has 0 saturated carbocycles. The highest BCUT2D eigenvalue weighted by Gasteiger charge is 2.27. The van der Waals surface area contributed by atoms with Crippen molar-refractivity contribution >= 4 is 15.8 Å². The van der Waals surface area contributed by atoms with E-state index >= 15 is 0 Å². The van der Waals surface area contributed by atoms with Crippen LogP contribution in [0.25, 0.3) is 0 Å². The van der Waals surface area contributed by atoms with Crippen LogP contribution in [0.4, 0.5) is 5.82 Å². The quantitative estimate of drug-likeness (QED) is 0.593. The van der Waals surface area contributed by atoms with Crippen molar-refractivity contribution < 1.29 is 13.5 Å². The molecule has 1 unspecified atom stereocenters. The lowest BCUT2D eigenvalue weighted by atomic mass is 9.92. The molecule has 0 aliphatic heterocycles. The minimum atomic E-state index is -3.67. The fraction of sp³-hybridized carbons (Fsp3) is 0.550. The first kappa shape index (κ1) is 22.4. The lowest BCUT2D eigenvalue weighted by Crippen LogP contribution is -2.41. The predicted molar refractivity (Wildman–Crippen MR) is 112 cm³/mol. The highest BCUT2D eigenvalue weighted by molar-refractivity contribution is 7.89. The van der Waals surface area contributed by atoms with Crippen molar-refractivity contribution in [3.8, 4) is 0 Å². The fourth-order valence-corrected chi connectivity index (χ4v) is 4.40. The lowest BCUT2D eigenvalue weighted by molar-refractivity contribution is 0.153. The van der Waals surface area contributed by atoms with Crippen LogP contribution < -0.4 is 5.32 Å². The second-order valence-electron chi connectivity index (χ2n) is 8.48. The van der Waals surface area contributed by atoms with Gasteiger partial charge in [0.15, 0.2) is 0 Å². The minimum Gasteiger partial charge on any atom is -0.390 e. The summed E-state index contributed by atoms with van der Waals surface area (Å²) in [6, 6.07) is 10.2. The number of H-pyrrole nitrogens is 1. The molecule has 0 aliphatic rings. The number of nitrogens with zero attached hydrogens (tertiary/aromatic N) is 2. The van der Waals surface area contributed by atoms with Gasteiger partial charge in [-0.3, -0.25) is 5.10 Å². The van der Waals surface area contributed by atoms with Gasteiger partial charge in [-0.05, 0) is 18.1 Å². The number of benzene rings is 1. The Kier molecular flexibility index (Phi) is 7.25. The maximum absolute atomic E-state index is 13.0. The minimum absolute atomic E-state index is 0.0129. The van der Waals surface area contributed by atoms with Crippen LogP contribution in [0.2, 0.25) is 0 Å². The third-order valence-corrected chi connectivity index (χ3v) is 6.11. The Morgan fingerprint density at radius 3 is 2.36 bits per heavy atom. The van der Waals surface area contributed by atoms with Gasteiger partial charge in [0.25, 0.3) is 0 Å². The first-order valence-electron chi connectivity index (χ1n) is 9.53. The fourth-order valence-electron chi connectivity index (χ4n) is 2.74. The number of aliphatic hydroxyl groups excluding tert-OH is 1. The highest BCUT2D eigenvalue weighted by Crippen LogP contribution is 2.22. The summed E-state index contributed by atoms with van der Waals surface area (Å²) in [5, 5.41) is 20.7. The Bertz CT molecular complexity index is 842. The number of sulfonamides is 1. The summed E-state index contributed by atoms with van der Waals surface area (Å²) in [5.74, 6) is 0.768. The van der Waals surface area contributed by atoms with Crippen LogP contribution in [0.3, 0.4) is 0 Å². The molecule has 0 bridgehead atoms. The van der Waals surface area contributed by atoms with E-state index in [1.165, 1.54) is 4.31 Å². The van der Waals surface area contributed by atoms with E-state index in [9.17, 15) is 13.5 Å². The van der Waals surface area contributed by atoms with Gasteiger partial charge in [-0.25, -0.2) is 8.42 Å². The normalized spacial score (nSPS) is 13.9. The molecule has 3 N–H and O–H groups in total. The monoisotopic (exact) mass is 408 g/mol. The molecule has 0 fully saturated rings. The van der Waals surface area contributed by atoms with Crippen molar-refractivity contribution in [3.63, 3.8) is 0 Å². The van der Waals surface area contributed by atoms with Crippen molar-refractivity contribution in [2.45, 2.75) is 51.0 Å². The predicted octanol–water partition coefficient (Wildman–Crippen LogP) is 2.83. The molecule has 156 valence electrons. The van der Waals surface area contributed by atoms with E-state index in [1.54, 1.807) is 30.3 Å². The molecule has 0 spiro atoms. The van der Waals surface area contributed by atoms with E-state index in [0.717, 1.165) is 5.69 Å². The highest BCUT2D eigenvalue weighted by atomic mass is 32.2. The van der Waals surface area contributed by atoms with Crippen LogP contribution in [0.5, 0.6) is 0 Å². The number of aliphatic hydroxyl groups is 1. The molecule has 0 amide bonds. The molecular weight excluding hydrogens is 376 g/mol. The van der Waals surface area contributed by atoms with Gasteiger partial charge in [0.2, 0.25) is 10.0 Å². The SMILES string of the molecule is CC(C)CN(CC(O)CNc1cc(C(C)(C)C)[nH]n1)S(=O)(=O)c1ccccc1. The van der Waals surface area contributed by atoms with Gasteiger partial charge in [-0.2, -0.15) is 9.40 Å². The zero-order valence-electron chi connectivity index (χ0n) is 17.3. The molecule has 1 atom stereocenters. The van der Waals surface area contributed by atoms with Crippen molar-refractivity contribution in [2.75, 3.05) is 25.0 Å². The van der Waals surface area contributed by atoms with Gasteiger partial charge < -0.3 is 10.4 Å². The Labute approximate surface area is 168 Å². The van der Waals surface area contributed by atoms with Gasteiger partial charge >= 0.3 is 0 Å². The summed E-state index contributed by atoms with van der Waals surface area (Å²) in [7, 11) is -3.67. The zero-order chi connectivity index (χ0) is 20.9. The Morgan fingerprint density at radius 2 is 1.82 bits per heavy atom. The number of rotatable bonds is 9. The summed E-state index contributed by atoms with van der Waals surface area (Å²) < 4.78 is 27.3. The van der Waals surface area contributed by atoms with Gasteiger partial charge in [0, 0.05) is 36.8 Å². The van der Waals surface area contributed by atoms with E-state index < -0.39 is 16.1 Å². The maximum Gasteiger partial charge on any atom is 0.243 e. The summed E-state index contributed by atoms with van der Waals surface area (Å²) >= 11 is 0. The topological polar surface area (TPSA) is 98.3 Å². The molecule has 8 heteroatoms. The van der Waals surface area contributed by atoms with Gasteiger partial charge in [0.1, 0.15) is 5.82 Å². The number of nitrogens with one attached hydrogen (secondary N) is 2. The average Bonchev–Trinajstić information content (AvgIpc) is 3.09. The number of hydrogen-bond donors (Lipinski definition) is 3. The Balaban J connectivity index is 2.05. The Hall–Kier alpha value is -1.90. The lowest BCUT2D eigenvalue weighted by Gasteiger charge is -2.26. The van der Waals surface area contributed by atoms with E-state index in [-0.39, 0.29) is 29.3 Å². The van der Waals surface area contributed by atoms with Crippen molar-refractivity contribution in [2.24, 2.45) is 5.92 Å². The Morgan fingerprint density at radius 1 is 1.18 bits per heavy atom. The number of aromatic amines is 1. The zero-order valence-corrected chi connectivity index (χ0v) is 18.1. The molecule has 2 rings (SSSR count). The molecule has 28 heavy (non-hydrogen) atoms. The van der Waals surface area contributed by atoms with Crippen LogP contribution >= 0.6 is 0 Å². The molecule has 2 aromatic rings. The third kappa shape index (κ3) is 6.05. The molecule has 0 aliphatic carbocycles. The molecule has 0 radical (unpaired) electrons. The second kappa shape index (κ2) is 9.07. The number of anilines is 1. The smallest absolute Gasteiger partial charge is 0.243 e. The summed E-state index contributed by atoms with van der Waals surface area (Å²) in [6.45, 7) is 10.7. The molecule has 1 aromatic heterocycles. The van der Waals surface area contributed by atoms with Crippen molar-refractivity contribution in [1.29, 1.82) is 0 Å². The van der Waals surface area contributed by atoms with Crippen LogP contribution in [-0.2, 0) is 15.4 Å². The first-order chi connectivity index (χ1) is 13.0. The van der Waals surface area contributed by atoms with E-state index in [2.05, 4.69) is 36.3 Å². The first-order valence-corrected chi connectivity index (χ1v) is 11.0. The van der Waals surface area contributed by atoms with Crippen LogP contribution in [-0.4, -0.2) is 53.8 Å². The molecule has 7 nitrogen and oxygen atoms in total. The van der Waals surface area contributed by atoms with Crippen molar-refractivity contribution in [3.05, 3.63) is 42.1 Å². The second-order valence-corrected chi connectivity index (χ2v) is 10.4. The molecule has 1 aromatic carbocycles. The van der Waals surface area contributed by atoms with E-state index in [1.807, 2.05) is 19.9 Å². The van der Waals surface area contributed by atoms with Gasteiger partial charge in [-0.1, -0.05) is 52.8 Å². The maximum atomic E-state index is 13.0. The summed E-state index contributed by atoms with van der Waals surface area (Å²) in [4.78, 5) is 0.234. The van der Waals surface area contributed by atoms with E-state index in [0.29, 0.717) is 12.4 Å². The summed E-state index contributed by atoms with van der Waals surface area (Å²) in [6.07, 6.45) is -0.868. The van der Waals surface area contributed by atoms with Gasteiger partial charge in [-0.15, -0.1) is 0 Å². The van der Waals surface area contributed by atoms with Crippen LogP contribution in [0.15, 0.2) is 41.3 Å². The van der Waals surface area contributed by atoms with E-state index in [4.69, 9.17) is 0 Å². The average molecular weight is 409 g/mol. The molecule has 1 heterocycles. The van der Waals surface area contributed by atoms with Gasteiger partial charge in [0.05, 0.1) is 11.0 Å². The summed E-state index contributed by atoms with van der Waals surface area (Å²) in [5.41, 5.74) is 0.932. The standard InChI is InChI=1S/C20H32N4O3S/c1-15(2)13-24(28(26,27)17-9-7-6-8-10-17)14-16(25)12-21-19-11-18(22-23-19)20(3,4)5/h6-11,15-16,25H,12-14H2,1-5H3,(H2,21,22,23). The molecule has 0 saturated heterocycles. The number of aromatic nitrogens is 2. The third-order valence-electron chi connectivity index (χ3n) is 4.27. The van der Waals surface area contributed by atoms with Crippen LogP contribution in [0, 0.1) is 5.92 Å². The molecular formula is C20H32N4O3S. The van der Waals surface area contributed by atoms with Crippen molar-refractivity contribution in [1.82, 2.24) is 14.5 Å². The largest absolute Gasteiger partial charge is 0.390 e.